The Morgan fingerprint density at radius 2 is 1.82 bits per heavy atom. The molecule has 4 rings (SSSR count). The molecule has 2 saturated heterocycles. The molecule has 2 fully saturated rings. The summed E-state index contributed by atoms with van der Waals surface area (Å²) >= 11 is 0.797. The topological polar surface area (TPSA) is 97.1 Å². The lowest BCUT2D eigenvalue weighted by molar-refractivity contribution is -0.136. The quantitative estimate of drug-likeness (QED) is 0.444. The summed E-state index contributed by atoms with van der Waals surface area (Å²) in [4.78, 5) is 52.5. The number of hydrogen-bond acceptors (Lipinski definition) is 7. The zero-order chi connectivity index (χ0) is 24.2. The Labute approximate surface area is 201 Å². The number of carbonyl (C=O) groups is 4. The summed E-state index contributed by atoms with van der Waals surface area (Å²) in [7, 11) is 0. The highest BCUT2D eigenvalue weighted by Gasteiger charge is 2.37. The summed E-state index contributed by atoms with van der Waals surface area (Å²) in [5, 5.41) is -0.462. The van der Waals surface area contributed by atoms with Gasteiger partial charge in [0.05, 0.1) is 17.1 Å². The van der Waals surface area contributed by atoms with Crippen LogP contribution in [0, 0.1) is 5.92 Å². The van der Waals surface area contributed by atoms with E-state index >= 15 is 0 Å². The number of piperidine rings is 1. The third-order valence-electron chi connectivity index (χ3n) is 5.88. The third-order valence-corrected chi connectivity index (χ3v) is 6.79. The predicted octanol–water partition coefficient (Wildman–Crippen LogP) is 4.42. The highest BCUT2D eigenvalue weighted by molar-refractivity contribution is 8.18. The molecule has 178 valence electrons. The first-order chi connectivity index (χ1) is 16.4. The Hall–Kier alpha value is -3.33. The van der Waals surface area contributed by atoms with E-state index in [1.807, 2.05) is 0 Å². The Morgan fingerprint density at radius 3 is 2.50 bits per heavy atom. The summed E-state index contributed by atoms with van der Waals surface area (Å²) < 4.78 is 10.8. The largest absolute Gasteiger partial charge is 0.462 e. The lowest BCUT2D eigenvalue weighted by Gasteiger charge is -2.31. The molecular formula is C25H26N2O6S. The van der Waals surface area contributed by atoms with Crippen LogP contribution in [0.15, 0.2) is 45.7 Å². The molecule has 0 bridgehead atoms. The number of imide groups is 1. The number of rotatable bonds is 6. The second-order valence-electron chi connectivity index (χ2n) is 8.33. The van der Waals surface area contributed by atoms with E-state index in [-0.39, 0.29) is 17.4 Å². The lowest BCUT2D eigenvalue weighted by atomic mass is 9.99. The maximum absolute atomic E-state index is 12.8. The fourth-order valence-electron chi connectivity index (χ4n) is 3.83. The molecule has 3 amide bonds. The molecule has 0 N–H and O–H groups in total. The number of furan rings is 1. The van der Waals surface area contributed by atoms with Gasteiger partial charge in [-0.25, -0.2) is 4.79 Å². The number of ether oxygens (including phenoxy) is 1. The van der Waals surface area contributed by atoms with Gasteiger partial charge in [-0.3, -0.25) is 19.3 Å². The van der Waals surface area contributed by atoms with Crippen molar-refractivity contribution in [2.75, 3.05) is 26.2 Å². The van der Waals surface area contributed by atoms with Crippen LogP contribution < -0.4 is 0 Å². The van der Waals surface area contributed by atoms with Crippen molar-refractivity contribution >= 4 is 40.9 Å². The number of nitrogens with zero attached hydrogens (tertiary/aromatic N) is 2. The van der Waals surface area contributed by atoms with E-state index in [0.29, 0.717) is 42.7 Å². The maximum atomic E-state index is 12.8. The average Bonchev–Trinajstić information content (AvgIpc) is 3.40. The fourth-order valence-corrected chi connectivity index (χ4v) is 4.65. The van der Waals surface area contributed by atoms with E-state index in [4.69, 9.17) is 9.15 Å². The summed E-state index contributed by atoms with van der Waals surface area (Å²) in [6.07, 6.45) is 3.37. The first-order valence-electron chi connectivity index (χ1n) is 11.3. The van der Waals surface area contributed by atoms with Gasteiger partial charge in [0, 0.05) is 24.7 Å². The number of thioether (sulfide) groups is 1. The Morgan fingerprint density at radius 1 is 1.12 bits per heavy atom. The monoisotopic (exact) mass is 482 g/mol. The van der Waals surface area contributed by atoms with Crippen molar-refractivity contribution in [3.05, 3.63) is 52.6 Å². The van der Waals surface area contributed by atoms with Gasteiger partial charge >= 0.3 is 5.97 Å². The summed E-state index contributed by atoms with van der Waals surface area (Å²) in [5.74, 6) is 0.449. The molecule has 0 unspecified atom stereocenters. The van der Waals surface area contributed by atoms with Crippen molar-refractivity contribution in [1.82, 2.24) is 9.80 Å². The van der Waals surface area contributed by atoms with Gasteiger partial charge in [-0.05, 0) is 61.7 Å². The van der Waals surface area contributed by atoms with Gasteiger partial charge in [0.1, 0.15) is 18.1 Å². The van der Waals surface area contributed by atoms with Crippen molar-refractivity contribution in [3.8, 4) is 11.3 Å². The number of carbonyl (C=O) groups excluding carboxylic acids is 4. The summed E-state index contributed by atoms with van der Waals surface area (Å²) in [6.45, 7) is 5.27. The van der Waals surface area contributed by atoms with Crippen LogP contribution in [0.1, 0.15) is 42.8 Å². The van der Waals surface area contributed by atoms with Crippen LogP contribution in [-0.2, 0) is 14.3 Å². The van der Waals surface area contributed by atoms with Gasteiger partial charge in [0.15, 0.2) is 0 Å². The van der Waals surface area contributed by atoms with Crippen LogP contribution in [0.25, 0.3) is 17.4 Å². The molecule has 0 aliphatic carbocycles. The molecule has 0 atom stereocenters. The molecule has 1 aromatic carbocycles. The molecule has 0 saturated carbocycles. The first-order valence-corrected chi connectivity index (χ1v) is 12.1. The van der Waals surface area contributed by atoms with E-state index in [2.05, 4.69) is 6.92 Å². The Balaban J connectivity index is 1.42. The van der Waals surface area contributed by atoms with Gasteiger partial charge in [-0.1, -0.05) is 19.1 Å². The van der Waals surface area contributed by atoms with E-state index < -0.39 is 17.1 Å². The number of likely N-dealkylation sites (tertiary alicyclic amines) is 1. The molecule has 2 aromatic rings. The van der Waals surface area contributed by atoms with Crippen molar-refractivity contribution < 1.29 is 28.3 Å². The SMILES string of the molecule is CCOC(=O)c1ccc(-c2ccc(/C=C3/SC(=O)N(CC(=O)N4CCC(C)CC4)C3=O)o2)cc1. The normalized spacial score (nSPS) is 18.1. The number of amides is 3. The molecule has 9 heteroatoms. The van der Waals surface area contributed by atoms with E-state index in [1.54, 1.807) is 48.2 Å². The van der Waals surface area contributed by atoms with Crippen molar-refractivity contribution in [2.24, 2.45) is 5.92 Å². The van der Waals surface area contributed by atoms with Crippen LogP contribution in [0.4, 0.5) is 4.79 Å². The van der Waals surface area contributed by atoms with Gasteiger partial charge < -0.3 is 14.1 Å². The lowest BCUT2D eigenvalue weighted by Crippen LogP contribution is -2.45. The minimum atomic E-state index is -0.495. The molecule has 34 heavy (non-hydrogen) atoms. The highest BCUT2D eigenvalue weighted by Crippen LogP contribution is 2.33. The maximum Gasteiger partial charge on any atom is 0.338 e. The second-order valence-corrected chi connectivity index (χ2v) is 9.32. The van der Waals surface area contributed by atoms with E-state index in [0.717, 1.165) is 35.1 Å². The molecule has 3 heterocycles. The molecular weight excluding hydrogens is 456 g/mol. The second kappa shape index (κ2) is 10.3. The highest BCUT2D eigenvalue weighted by atomic mass is 32.2. The van der Waals surface area contributed by atoms with E-state index in [1.165, 1.54) is 6.08 Å². The summed E-state index contributed by atoms with van der Waals surface area (Å²) in [6, 6.07) is 10.2. The van der Waals surface area contributed by atoms with Crippen LogP contribution in [-0.4, -0.2) is 59.1 Å². The smallest absolute Gasteiger partial charge is 0.338 e. The number of benzene rings is 1. The van der Waals surface area contributed by atoms with Gasteiger partial charge in [-0.15, -0.1) is 0 Å². The predicted molar refractivity (Wildman–Crippen MR) is 128 cm³/mol. The molecule has 0 radical (unpaired) electrons. The van der Waals surface area contributed by atoms with Crippen LogP contribution >= 0.6 is 11.8 Å². The Bertz CT molecular complexity index is 1130. The fraction of sp³-hybridized carbons (Fsp3) is 0.360. The van der Waals surface area contributed by atoms with Crippen LogP contribution in [0.3, 0.4) is 0 Å². The minimum absolute atomic E-state index is 0.206. The van der Waals surface area contributed by atoms with Crippen LogP contribution in [0.2, 0.25) is 0 Å². The van der Waals surface area contributed by atoms with Crippen molar-refractivity contribution in [2.45, 2.75) is 26.7 Å². The number of hydrogen-bond donors (Lipinski definition) is 0. The first kappa shape index (κ1) is 23.8. The molecule has 1 aromatic heterocycles. The van der Waals surface area contributed by atoms with Crippen molar-refractivity contribution in [1.29, 1.82) is 0 Å². The minimum Gasteiger partial charge on any atom is -0.462 e. The number of esters is 1. The van der Waals surface area contributed by atoms with Gasteiger partial charge in [0.2, 0.25) is 5.91 Å². The zero-order valence-electron chi connectivity index (χ0n) is 19.1. The molecule has 2 aliphatic rings. The average molecular weight is 483 g/mol. The van der Waals surface area contributed by atoms with Gasteiger partial charge in [0.25, 0.3) is 11.1 Å². The molecule has 0 spiro atoms. The van der Waals surface area contributed by atoms with Crippen molar-refractivity contribution in [3.63, 3.8) is 0 Å². The van der Waals surface area contributed by atoms with Crippen LogP contribution in [0.5, 0.6) is 0 Å². The summed E-state index contributed by atoms with van der Waals surface area (Å²) in [5.41, 5.74) is 1.20. The standard InChI is InChI=1S/C25H26N2O6S/c1-3-32-24(30)18-6-4-17(5-7-18)20-9-8-19(33-20)14-21-23(29)27(25(31)34-21)15-22(28)26-12-10-16(2)11-13-26/h4-9,14,16H,3,10-13,15H2,1-2H3/b21-14+. The Kier molecular flexibility index (Phi) is 7.21. The van der Waals surface area contributed by atoms with E-state index in [9.17, 15) is 19.2 Å². The molecule has 8 nitrogen and oxygen atoms in total. The van der Waals surface area contributed by atoms with Gasteiger partial charge in [-0.2, -0.15) is 0 Å². The zero-order valence-corrected chi connectivity index (χ0v) is 19.9. The third kappa shape index (κ3) is 5.25. The molecule has 2 aliphatic heterocycles.